The summed E-state index contributed by atoms with van der Waals surface area (Å²) in [4.78, 5) is 16.4. The summed E-state index contributed by atoms with van der Waals surface area (Å²) in [5.41, 5.74) is 6.34. The number of nitrogens with zero attached hydrogens (tertiary/aromatic N) is 1. The molecule has 0 saturated heterocycles. The van der Waals surface area contributed by atoms with Gasteiger partial charge in [-0.25, -0.2) is 4.98 Å². The number of hydrogen-bond donors (Lipinski definition) is 2. The zero-order valence-corrected chi connectivity index (χ0v) is 10.2. The van der Waals surface area contributed by atoms with Crippen LogP contribution in [0.2, 0.25) is 0 Å². The van der Waals surface area contributed by atoms with Crippen molar-refractivity contribution in [1.82, 2.24) is 4.98 Å². The Balaban J connectivity index is 1.48. The highest BCUT2D eigenvalue weighted by Gasteiger charge is 2.67. The fraction of sp³-hybridized carbons (Fsp3) is 0.571. The number of pyridine rings is 1. The van der Waals surface area contributed by atoms with Crippen LogP contribution in [0.25, 0.3) is 0 Å². The molecule has 3 N–H and O–H groups in total. The van der Waals surface area contributed by atoms with Gasteiger partial charge in [-0.05, 0) is 55.1 Å². The summed E-state index contributed by atoms with van der Waals surface area (Å²) >= 11 is 0. The van der Waals surface area contributed by atoms with E-state index in [-0.39, 0.29) is 11.8 Å². The third-order valence-electron chi connectivity index (χ3n) is 5.12. The largest absolute Gasteiger partial charge is 0.396 e. The van der Waals surface area contributed by atoms with E-state index in [1.165, 1.54) is 19.3 Å². The maximum absolute atomic E-state index is 12.3. The monoisotopic (exact) mass is 243 g/mol. The van der Waals surface area contributed by atoms with Gasteiger partial charge in [-0.1, -0.05) is 0 Å². The third-order valence-corrected chi connectivity index (χ3v) is 5.12. The second-order valence-electron chi connectivity index (χ2n) is 5.94. The predicted octanol–water partition coefficient (Wildman–Crippen LogP) is 1.89. The van der Waals surface area contributed by atoms with Crippen molar-refractivity contribution in [2.75, 3.05) is 11.1 Å². The highest BCUT2D eigenvalue weighted by Crippen LogP contribution is 2.69. The highest BCUT2D eigenvalue weighted by molar-refractivity contribution is 5.96. The zero-order chi connectivity index (χ0) is 12.3. The van der Waals surface area contributed by atoms with E-state index in [0.717, 1.165) is 11.8 Å². The molecule has 0 aromatic carbocycles. The van der Waals surface area contributed by atoms with Gasteiger partial charge in [-0.3, -0.25) is 4.79 Å². The van der Waals surface area contributed by atoms with Crippen molar-refractivity contribution in [2.24, 2.45) is 29.6 Å². The molecule has 1 aromatic rings. The lowest BCUT2D eigenvalue weighted by atomic mass is 10.0. The molecule has 4 unspecified atom stereocenters. The number of carbonyl (C=O) groups excluding carboxylic acids is 1. The molecule has 0 aliphatic heterocycles. The van der Waals surface area contributed by atoms with Crippen molar-refractivity contribution in [3.8, 4) is 0 Å². The summed E-state index contributed by atoms with van der Waals surface area (Å²) < 4.78 is 0. The molecule has 4 heteroatoms. The first-order chi connectivity index (χ1) is 8.75. The molecule has 4 rings (SSSR count). The van der Waals surface area contributed by atoms with Crippen LogP contribution in [0.15, 0.2) is 18.3 Å². The van der Waals surface area contributed by atoms with Crippen LogP contribution in [0.3, 0.4) is 0 Å². The van der Waals surface area contributed by atoms with Crippen molar-refractivity contribution in [1.29, 1.82) is 0 Å². The molecule has 2 bridgehead atoms. The molecule has 3 fully saturated rings. The number of carbonyl (C=O) groups is 1. The lowest BCUT2D eigenvalue weighted by Crippen LogP contribution is -2.19. The molecule has 3 aliphatic carbocycles. The molecular weight excluding hydrogens is 226 g/mol. The van der Waals surface area contributed by atoms with Gasteiger partial charge in [0.2, 0.25) is 5.91 Å². The third kappa shape index (κ3) is 1.32. The summed E-state index contributed by atoms with van der Waals surface area (Å²) in [5.74, 6) is 3.83. The fourth-order valence-corrected chi connectivity index (χ4v) is 4.40. The minimum absolute atomic E-state index is 0.131. The second kappa shape index (κ2) is 3.46. The van der Waals surface area contributed by atoms with Gasteiger partial charge in [0.05, 0.1) is 5.69 Å². The Morgan fingerprint density at radius 3 is 2.72 bits per heavy atom. The molecule has 1 amide bonds. The van der Waals surface area contributed by atoms with E-state index in [2.05, 4.69) is 10.3 Å². The van der Waals surface area contributed by atoms with Gasteiger partial charge in [0.15, 0.2) is 5.82 Å². The van der Waals surface area contributed by atoms with Crippen molar-refractivity contribution >= 4 is 17.4 Å². The van der Waals surface area contributed by atoms with E-state index in [1.807, 2.05) is 0 Å². The van der Waals surface area contributed by atoms with E-state index in [0.29, 0.717) is 23.3 Å². The molecule has 0 radical (unpaired) electrons. The van der Waals surface area contributed by atoms with Gasteiger partial charge in [-0.2, -0.15) is 0 Å². The van der Waals surface area contributed by atoms with Gasteiger partial charge >= 0.3 is 0 Å². The number of nitrogen functional groups attached to an aromatic ring is 1. The summed E-state index contributed by atoms with van der Waals surface area (Å²) in [6.45, 7) is 0. The van der Waals surface area contributed by atoms with E-state index >= 15 is 0 Å². The van der Waals surface area contributed by atoms with Crippen LogP contribution >= 0.6 is 0 Å². The quantitative estimate of drug-likeness (QED) is 0.833. The first-order valence-corrected chi connectivity index (χ1v) is 6.77. The summed E-state index contributed by atoms with van der Waals surface area (Å²) in [6, 6.07) is 3.54. The van der Waals surface area contributed by atoms with Crippen LogP contribution < -0.4 is 11.1 Å². The maximum atomic E-state index is 12.3. The fourth-order valence-electron chi connectivity index (χ4n) is 4.40. The number of nitrogens with one attached hydrogen (secondary N) is 1. The molecule has 3 aliphatic rings. The zero-order valence-electron chi connectivity index (χ0n) is 10.2. The number of rotatable bonds is 2. The Labute approximate surface area is 106 Å². The number of anilines is 2. The summed E-state index contributed by atoms with van der Waals surface area (Å²) in [5, 5.41) is 2.89. The molecule has 0 spiro atoms. The van der Waals surface area contributed by atoms with Gasteiger partial charge in [0.1, 0.15) is 0 Å². The standard InChI is InChI=1S/C14H17N3O/c15-9-2-1-5-16-13(9)17-14(18)12-10-7-3-4-8(6-7)11(10)12/h1-2,5,7-8,10-12H,3-4,6,15H2,(H,16,17,18). The Bertz CT molecular complexity index is 500. The first kappa shape index (κ1) is 10.4. The van der Waals surface area contributed by atoms with E-state index in [9.17, 15) is 4.79 Å². The number of amides is 1. The van der Waals surface area contributed by atoms with Gasteiger partial charge in [0, 0.05) is 12.1 Å². The average Bonchev–Trinajstić information content (AvgIpc) is 2.82. The Kier molecular flexibility index (Phi) is 1.99. The summed E-state index contributed by atoms with van der Waals surface area (Å²) in [6.07, 6.45) is 5.69. The van der Waals surface area contributed by atoms with Crippen molar-refractivity contribution in [3.63, 3.8) is 0 Å². The van der Waals surface area contributed by atoms with Crippen LogP contribution in [0, 0.1) is 29.6 Å². The SMILES string of the molecule is Nc1cccnc1NC(=O)C1C2C3CCC(C3)C12. The Hall–Kier alpha value is -1.58. The smallest absolute Gasteiger partial charge is 0.229 e. The molecule has 1 heterocycles. The minimum atomic E-state index is 0.131. The van der Waals surface area contributed by atoms with Gasteiger partial charge in [0.25, 0.3) is 0 Å². The number of aromatic nitrogens is 1. The lowest BCUT2D eigenvalue weighted by molar-refractivity contribution is -0.118. The predicted molar refractivity (Wildman–Crippen MR) is 68.6 cm³/mol. The van der Waals surface area contributed by atoms with Crippen LogP contribution in [0.5, 0.6) is 0 Å². The molecule has 4 atom stereocenters. The van der Waals surface area contributed by atoms with Crippen LogP contribution in [0.4, 0.5) is 11.5 Å². The normalized spacial score (nSPS) is 39.4. The molecular formula is C14H17N3O. The number of fused-ring (bicyclic) bond motifs is 5. The Morgan fingerprint density at radius 2 is 2.06 bits per heavy atom. The molecule has 94 valence electrons. The van der Waals surface area contributed by atoms with E-state index < -0.39 is 0 Å². The van der Waals surface area contributed by atoms with Crippen molar-refractivity contribution < 1.29 is 4.79 Å². The van der Waals surface area contributed by atoms with Crippen molar-refractivity contribution in [3.05, 3.63) is 18.3 Å². The average molecular weight is 243 g/mol. The molecule has 1 aromatic heterocycles. The molecule has 3 saturated carbocycles. The van der Waals surface area contributed by atoms with E-state index in [1.54, 1.807) is 18.3 Å². The van der Waals surface area contributed by atoms with Crippen LogP contribution in [-0.2, 0) is 4.79 Å². The van der Waals surface area contributed by atoms with Gasteiger partial charge < -0.3 is 11.1 Å². The van der Waals surface area contributed by atoms with Crippen molar-refractivity contribution in [2.45, 2.75) is 19.3 Å². The Morgan fingerprint density at radius 1 is 1.33 bits per heavy atom. The van der Waals surface area contributed by atoms with Crippen LogP contribution in [-0.4, -0.2) is 10.9 Å². The minimum Gasteiger partial charge on any atom is -0.396 e. The van der Waals surface area contributed by atoms with Crippen LogP contribution in [0.1, 0.15) is 19.3 Å². The first-order valence-electron chi connectivity index (χ1n) is 6.77. The number of hydrogen-bond acceptors (Lipinski definition) is 3. The summed E-state index contributed by atoms with van der Waals surface area (Å²) in [7, 11) is 0. The highest BCUT2D eigenvalue weighted by atomic mass is 16.2. The number of nitrogens with two attached hydrogens (primary N) is 1. The van der Waals surface area contributed by atoms with Gasteiger partial charge in [-0.15, -0.1) is 0 Å². The lowest BCUT2D eigenvalue weighted by Gasteiger charge is -2.10. The molecule has 18 heavy (non-hydrogen) atoms. The maximum Gasteiger partial charge on any atom is 0.229 e. The second-order valence-corrected chi connectivity index (χ2v) is 5.94. The topological polar surface area (TPSA) is 68.0 Å². The molecule has 4 nitrogen and oxygen atoms in total. The van der Waals surface area contributed by atoms with E-state index in [4.69, 9.17) is 5.73 Å².